The molecule has 0 radical (unpaired) electrons. The molecule has 0 saturated heterocycles. The molecule has 0 fully saturated rings. The summed E-state index contributed by atoms with van der Waals surface area (Å²) in [6.07, 6.45) is 1.36. The summed E-state index contributed by atoms with van der Waals surface area (Å²) in [6.45, 7) is 0. The molecule has 0 amide bonds. The van der Waals surface area contributed by atoms with Crippen LogP contribution in [0.4, 0.5) is 4.39 Å². The second-order valence-corrected chi connectivity index (χ2v) is 3.88. The van der Waals surface area contributed by atoms with Gasteiger partial charge in [0.05, 0.1) is 0 Å². The molecule has 0 aliphatic rings. The molecule has 2 rings (SSSR count). The summed E-state index contributed by atoms with van der Waals surface area (Å²) in [5.74, 6) is 0.339. The average molecular weight is 264 g/mol. The van der Waals surface area contributed by atoms with Crippen LogP contribution in [0, 0.1) is 28.5 Å². The molecule has 0 N–H and O–H groups in total. The lowest BCUT2D eigenvalue weighted by atomic mass is 10.1. The fourth-order valence-electron chi connectivity index (χ4n) is 1.58. The van der Waals surface area contributed by atoms with Gasteiger partial charge in [-0.25, -0.2) is 4.39 Å². The molecular weight excluding hydrogens is 255 g/mol. The van der Waals surface area contributed by atoms with Crippen molar-refractivity contribution in [2.75, 3.05) is 0 Å². The van der Waals surface area contributed by atoms with Crippen LogP contribution in [0.2, 0.25) is 0 Å². The molecule has 0 unspecified atom stereocenters. The lowest BCUT2D eigenvalue weighted by Gasteiger charge is -2.08. The summed E-state index contributed by atoms with van der Waals surface area (Å²) in [5.41, 5.74) is 0.392. The first-order valence-corrected chi connectivity index (χ1v) is 5.77. The van der Waals surface area contributed by atoms with Gasteiger partial charge >= 0.3 is 0 Å². The van der Waals surface area contributed by atoms with Crippen molar-refractivity contribution in [3.05, 3.63) is 65.5 Å². The van der Waals surface area contributed by atoms with Crippen LogP contribution in [-0.4, -0.2) is 0 Å². The molecular formula is C16H9FN2O. The molecule has 4 heteroatoms. The van der Waals surface area contributed by atoms with E-state index in [1.54, 1.807) is 36.4 Å². The molecule has 0 aliphatic heterocycles. The van der Waals surface area contributed by atoms with E-state index in [4.69, 9.17) is 15.3 Å². The van der Waals surface area contributed by atoms with Gasteiger partial charge in [0.1, 0.15) is 35.0 Å². The normalized spacial score (nSPS) is 9.15. The van der Waals surface area contributed by atoms with E-state index in [1.165, 1.54) is 24.3 Å². The number of rotatable bonds is 3. The highest BCUT2D eigenvalue weighted by molar-refractivity contribution is 5.66. The first kappa shape index (κ1) is 13.3. The summed E-state index contributed by atoms with van der Waals surface area (Å²) in [4.78, 5) is 0. The number of ether oxygens (including phenoxy) is 1. The van der Waals surface area contributed by atoms with Crippen LogP contribution < -0.4 is 4.74 Å². The van der Waals surface area contributed by atoms with Gasteiger partial charge in [0.25, 0.3) is 0 Å². The average Bonchev–Trinajstić information content (AvgIpc) is 2.48. The number of hydrogen-bond donors (Lipinski definition) is 0. The van der Waals surface area contributed by atoms with Gasteiger partial charge in [0.2, 0.25) is 0 Å². The molecule has 0 saturated carbocycles. The summed E-state index contributed by atoms with van der Waals surface area (Å²) >= 11 is 0. The van der Waals surface area contributed by atoms with Gasteiger partial charge in [0.15, 0.2) is 0 Å². The third-order valence-corrected chi connectivity index (χ3v) is 2.49. The van der Waals surface area contributed by atoms with Crippen molar-refractivity contribution in [3.63, 3.8) is 0 Å². The Balaban J connectivity index is 2.42. The molecule has 96 valence electrons. The number of hydrogen-bond acceptors (Lipinski definition) is 3. The van der Waals surface area contributed by atoms with Crippen LogP contribution in [0.5, 0.6) is 11.5 Å². The largest absolute Gasteiger partial charge is 0.457 e. The van der Waals surface area contributed by atoms with E-state index < -0.39 is 5.82 Å². The molecule has 0 atom stereocenters. The minimum atomic E-state index is -0.455. The molecule has 0 aliphatic carbocycles. The predicted molar refractivity (Wildman–Crippen MR) is 72.1 cm³/mol. The highest BCUT2D eigenvalue weighted by Gasteiger charge is 2.06. The van der Waals surface area contributed by atoms with Gasteiger partial charge < -0.3 is 4.74 Å². The third-order valence-electron chi connectivity index (χ3n) is 2.49. The van der Waals surface area contributed by atoms with Gasteiger partial charge in [-0.05, 0) is 30.3 Å². The number of benzene rings is 2. The topological polar surface area (TPSA) is 56.8 Å². The highest BCUT2D eigenvalue weighted by atomic mass is 19.1. The van der Waals surface area contributed by atoms with Crippen LogP contribution in [0.15, 0.2) is 54.1 Å². The second kappa shape index (κ2) is 6.17. The van der Waals surface area contributed by atoms with Crippen molar-refractivity contribution < 1.29 is 9.13 Å². The van der Waals surface area contributed by atoms with E-state index in [1.807, 2.05) is 6.07 Å². The maximum atomic E-state index is 13.3. The van der Waals surface area contributed by atoms with Crippen molar-refractivity contribution in [1.82, 2.24) is 0 Å². The van der Waals surface area contributed by atoms with E-state index >= 15 is 0 Å². The number of halogens is 1. The Kier molecular flexibility index (Phi) is 4.11. The number of nitrogens with zero attached hydrogens (tertiary/aromatic N) is 2. The summed E-state index contributed by atoms with van der Waals surface area (Å²) in [7, 11) is 0. The Morgan fingerprint density at radius 2 is 1.75 bits per heavy atom. The predicted octanol–water partition coefficient (Wildman–Crippen LogP) is 4.05. The molecule has 0 bridgehead atoms. The second-order valence-electron chi connectivity index (χ2n) is 3.88. The Morgan fingerprint density at radius 3 is 2.40 bits per heavy atom. The van der Waals surface area contributed by atoms with Crippen molar-refractivity contribution in [2.45, 2.75) is 0 Å². The summed E-state index contributed by atoms with van der Waals surface area (Å²) in [5, 5.41) is 17.5. The smallest absolute Gasteiger partial charge is 0.137 e. The Hall–Kier alpha value is -3.11. The third kappa shape index (κ3) is 3.22. The van der Waals surface area contributed by atoms with Crippen LogP contribution in [0.25, 0.3) is 6.08 Å². The summed E-state index contributed by atoms with van der Waals surface area (Å²) in [6, 6.07) is 16.3. The number of allylic oxidation sites excluding steroid dienone is 1. The maximum Gasteiger partial charge on any atom is 0.137 e. The minimum absolute atomic E-state index is 0.0745. The lowest BCUT2D eigenvalue weighted by Crippen LogP contribution is -1.89. The van der Waals surface area contributed by atoms with Gasteiger partial charge in [-0.1, -0.05) is 18.2 Å². The zero-order valence-electron chi connectivity index (χ0n) is 10.4. The van der Waals surface area contributed by atoms with Crippen molar-refractivity contribution in [2.24, 2.45) is 0 Å². The minimum Gasteiger partial charge on any atom is -0.457 e. The first-order valence-electron chi connectivity index (χ1n) is 5.77. The van der Waals surface area contributed by atoms with Crippen molar-refractivity contribution in [1.29, 1.82) is 10.5 Å². The monoisotopic (exact) mass is 264 g/mol. The van der Waals surface area contributed by atoms with E-state index in [-0.39, 0.29) is 11.3 Å². The zero-order chi connectivity index (χ0) is 14.4. The van der Waals surface area contributed by atoms with Crippen LogP contribution in [-0.2, 0) is 0 Å². The Morgan fingerprint density at radius 1 is 1.05 bits per heavy atom. The highest BCUT2D eigenvalue weighted by Crippen LogP contribution is 2.27. The molecule has 3 nitrogen and oxygen atoms in total. The SMILES string of the molecule is N#CC(C#N)=Cc1ccc(F)cc1Oc1ccccc1. The number of nitriles is 2. The molecule has 2 aromatic carbocycles. The quantitative estimate of drug-likeness (QED) is 0.786. The van der Waals surface area contributed by atoms with Gasteiger partial charge in [0, 0.05) is 11.6 Å². The first-order chi connectivity index (χ1) is 9.72. The Labute approximate surface area is 115 Å². The maximum absolute atomic E-state index is 13.3. The van der Waals surface area contributed by atoms with Gasteiger partial charge in [-0.2, -0.15) is 10.5 Å². The van der Waals surface area contributed by atoms with Crippen LogP contribution in [0.3, 0.4) is 0 Å². The molecule has 0 spiro atoms. The van der Waals surface area contributed by atoms with Gasteiger partial charge in [-0.3, -0.25) is 0 Å². The Bertz CT molecular complexity index is 708. The van der Waals surface area contributed by atoms with E-state index in [2.05, 4.69) is 0 Å². The van der Waals surface area contributed by atoms with Crippen LogP contribution >= 0.6 is 0 Å². The van der Waals surface area contributed by atoms with Crippen molar-refractivity contribution in [3.8, 4) is 23.6 Å². The molecule has 0 heterocycles. The molecule has 20 heavy (non-hydrogen) atoms. The molecule has 0 aromatic heterocycles. The standard InChI is InChI=1S/C16H9FN2O/c17-14-7-6-13(8-12(10-18)11-19)16(9-14)20-15-4-2-1-3-5-15/h1-9H. The van der Waals surface area contributed by atoms with Crippen molar-refractivity contribution >= 4 is 6.08 Å². The zero-order valence-corrected chi connectivity index (χ0v) is 10.4. The van der Waals surface area contributed by atoms with Crippen LogP contribution in [0.1, 0.15) is 5.56 Å². The van der Waals surface area contributed by atoms with E-state index in [9.17, 15) is 4.39 Å². The van der Waals surface area contributed by atoms with E-state index in [0.717, 1.165) is 0 Å². The molecule has 2 aromatic rings. The fraction of sp³-hybridized carbons (Fsp3) is 0. The fourth-order valence-corrected chi connectivity index (χ4v) is 1.58. The summed E-state index contributed by atoms with van der Waals surface area (Å²) < 4.78 is 18.9. The van der Waals surface area contributed by atoms with E-state index in [0.29, 0.717) is 11.3 Å². The number of para-hydroxylation sites is 1. The van der Waals surface area contributed by atoms with Gasteiger partial charge in [-0.15, -0.1) is 0 Å². The lowest BCUT2D eigenvalue weighted by molar-refractivity contribution is 0.475.